The molecule has 3 rings (SSSR count). The van der Waals surface area contributed by atoms with Crippen LogP contribution in [-0.4, -0.2) is 25.0 Å². The van der Waals surface area contributed by atoms with Crippen LogP contribution in [0, 0.1) is 12.8 Å². The van der Waals surface area contributed by atoms with Gasteiger partial charge in [-0.15, -0.1) is 12.4 Å². The molecule has 17 heavy (non-hydrogen) atoms. The van der Waals surface area contributed by atoms with Crippen molar-refractivity contribution in [2.75, 3.05) is 14.1 Å². The molecule has 0 aromatic heterocycles. The molecule has 3 unspecified atom stereocenters. The van der Waals surface area contributed by atoms with Crippen LogP contribution in [0.25, 0.3) is 0 Å². The minimum atomic E-state index is 0. The molecule has 0 spiro atoms. The number of fused-ring (bicyclic) bond motifs is 1. The Labute approximate surface area is 111 Å². The van der Waals surface area contributed by atoms with Gasteiger partial charge in [-0.05, 0) is 51.8 Å². The summed E-state index contributed by atoms with van der Waals surface area (Å²) >= 11 is 0. The highest BCUT2D eigenvalue weighted by Gasteiger charge is 2.62. The number of nitrogens with zero attached hydrogens (tertiary/aromatic N) is 1. The van der Waals surface area contributed by atoms with E-state index in [1.165, 1.54) is 24.8 Å². The Morgan fingerprint density at radius 1 is 1.18 bits per heavy atom. The molecule has 2 fully saturated rings. The Morgan fingerprint density at radius 2 is 1.82 bits per heavy atom. The highest BCUT2D eigenvalue weighted by molar-refractivity contribution is 5.85. The number of halogens is 1. The van der Waals surface area contributed by atoms with Gasteiger partial charge in [0.1, 0.15) is 0 Å². The predicted molar refractivity (Wildman–Crippen MR) is 74.9 cm³/mol. The highest BCUT2D eigenvalue weighted by atomic mass is 35.5. The van der Waals surface area contributed by atoms with Crippen molar-refractivity contribution in [2.24, 2.45) is 5.92 Å². The third-order valence-electron chi connectivity index (χ3n) is 4.77. The van der Waals surface area contributed by atoms with Crippen molar-refractivity contribution in [1.29, 1.82) is 0 Å². The smallest absolute Gasteiger partial charge is 0.0127 e. The van der Waals surface area contributed by atoms with Gasteiger partial charge < -0.3 is 4.90 Å². The van der Waals surface area contributed by atoms with Gasteiger partial charge in [-0.2, -0.15) is 0 Å². The molecule has 2 aliphatic carbocycles. The maximum absolute atomic E-state index is 2.42. The molecule has 1 aromatic rings. The maximum Gasteiger partial charge on any atom is 0.0127 e. The lowest BCUT2D eigenvalue weighted by Gasteiger charge is -2.19. The molecular weight excluding hydrogens is 230 g/mol. The lowest BCUT2D eigenvalue weighted by atomic mass is 9.93. The molecule has 1 aromatic carbocycles. The Bertz CT molecular complexity index is 398. The number of aryl methyl sites for hydroxylation is 1. The lowest BCUT2D eigenvalue weighted by Crippen LogP contribution is -2.27. The van der Waals surface area contributed by atoms with Gasteiger partial charge in [-0.1, -0.05) is 29.8 Å². The van der Waals surface area contributed by atoms with E-state index >= 15 is 0 Å². The molecule has 1 nitrogen and oxygen atoms in total. The van der Waals surface area contributed by atoms with Gasteiger partial charge in [0.05, 0.1) is 0 Å². The zero-order valence-electron chi connectivity index (χ0n) is 10.9. The minimum Gasteiger partial charge on any atom is -0.306 e. The third-order valence-corrected chi connectivity index (χ3v) is 4.77. The number of rotatable bonds is 2. The molecule has 2 saturated carbocycles. The standard InChI is InChI=1S/C15H21N.ClH/c1-11-4-6-12(7-5-11)15-9-8-14(16(2)3)13(15)10-15;/h4-7,13-14H,8-10H2,1-3H3;1H. The normalized spacial score (nSPS) is 34.4. The van der Waals surface area contributed by atoms with E-state index in [1.807, 2.05) is 0 Å². The SMILES string of the molecule is Cc1ccc(C23CCC(N(C)C)C2C3)cc1.Cl. The molecular formula is C15H22ClN. The Hall–Kier alpha value is -0.530. The van der Waals surface area contributed by atoms with Gasteiger partial charge in [0.2, 0.25) is 0 Å². The second-order valence-electron chi connectivity index (χ2n) is 5.90. The summed E-state index contributed by atoms with van der Waals surface area (Å²) in [5.74, 6) is 0.921. The van der Waals surface area contributed by atoms with Crippen molar-refractivity contribution in [1.82, 2.24) is 4.90 Å². The zero-order chi connectivity index (χ0) is 11.3. The number of hydrogen-bond acceptors (Lipinski definition) is 1. The average Bonchev–Trinajstić information content (AvgIpc) is 2.86. The van der Waals surface area contributed by atoms with Crippen LogP contribution in [0.5, 0.6) is 0 Å². The van der Waals surface area contributed by atoms with E-state index in [1.54, 1.807) is 5.56 Å². The first-order valence-corrected chi connectivity index (χ1v) is 6.37. The van der Waals surface area contributed by atoms with Crippen LogP contribution in [0.4, 0.5) is 0 Å². The highest BCUT2D eigenvalue weighted by Crippen LogP contribution is 2.65. The van der Waals surface area contributed by atoms with E-state index in [9.17, 15) is 0 Å². The molecule has 0 aliphatic heterocycles. The largest absolute Gasteiger partial charge is 0.306 e. The van der Waals surface area contributed by atoms with Crippen molar-refractivity contribution >= 4 is 12.4 Å². The van der Waals surface area contributed by atoms with Crippen LogP contribution in [-0.2, 0) is 5.41 Å². The fourth-order valence-electron chi connectivity index (χ4n) is 3.71. The summed E-state index contributed by atoms with van der Waals surface area (Å²) in [5.41, 5.74) is 3.52. The van der Waals surface area contributed by atoms with Gasteiger partial charge >= 0.3 is 0 Å². The van der Waals surface area contributed by atoms with Crippen molar-refractivity contribution < 1.29 is 0 Å². The maximum atomic E-state index is 2.42. The van der Waals surface area contributed by atoms with Crippen molar-refractivity contribution in [3.05, 3.63) is 35.4 Å². The second-order valence-corrected chi connectivity index (χ2v) is 5.90. The molecule has 0 saturated heterocycles. The molecule has 3 atom stereocenters. The Morgan fingerprint density at radius 3 is 2.29 bits per heavy atom. The van der Waals surface area contributed by atoms with Crippen molar-refractivity contribution in [2.45, 2.75) is 37.6 Å². The first kappa shape index (κ1) is 12.9. The molecule has 0 radical (unpaired) electrons. The number of hydrogen-bond donors (Lipinski definition) is 0. The fourth-order valence-corrected chi connectivity index (χ4v) is 3.71. The van der Waals surface area contributed by atoms with Crippen LogP contribution < -0.4 is 0 Å². The van der Waals surface area contributed by atoms with Gasteiger partial charge in [-0.3, -0.25) is 0 Å². The van der Waals surface area contributed by atoms with Crippen LogP contribution in [0.3, 0.4) is 0 Å². The predicted octanol–water partition coefficient (Wildman–Crippen LogP) is 3.40. The summed E-state index contributed by atoms with van der Waals surface area (Å²) < 4.78 is 0. The zero-order valence-corrected chi connectivity index (χ0v) is 11.8. The Kier molecular flexibility index (Phi) is 3.26. The second kappa shape index (κ2) is 4.29. The first-order valence-electron chi connectivity index (χ1n) is 6.37. The molecule has 2 aliphatic rings. The van der Waals surface area contributed by atoms with E-state index in [2.05, 4.69) is 50.2 Å². The van der Waals surface area contributed by atoms with Gasteiger partial charge in [0, 0.05) is 11.5 Å². The molecule has 2 heteroatoms. The Balaban J connectivity index is 0.00000108. The lowest BCUT2D eigenvalue weighted by molar-refractivity contribution is 0.271. The summed E-state index contributed by atoms with van der Waals surface area (Å²) in [5, 5.41) is 0. The number of benzene rings is 1. The van der Waals surface area contributed by atoms with E-state index in [0.717, 1.165) is 12.0 Å². The first-order chi connectivity index (χ1) is 7.63. The fraction of sp³-hybridized carbons (Fsp3) is 0.600. The van der Waals surface area contributed by atoms with E-state index in [0.29, 0.717) is 5.41 Å². The third kappa shape index (κ3) is 1.90. The summed E-state index contributed by atoms with van der Waals surface area (Å²) in [6.07, 6.45) is 4.19. The van der Waals surface area contributed by atoms with E-state index < -0.39 is 0 Å². The molecule has 0 amide bonds. The minimum absolute atomic E-state index is 0. The van der Waals surface area contributed by atoms with E-state index in [4.69, 9.17) is 0 Å². The summed E-state index contributed by atoms with van der Waals surface area (Å²) in [6.45, 7) is 2.17. The van der Waals surface area contributed by atoms with Crippen molar-refractivity contribution in [3.8, 4) is 0 Å². The van der Waals surface area contributed by atoms with Crippen LogP contribution in [0.1, 0.15) is 30.4 Å². The van der Waals surface area contributed by atoms with Gasteiger partial charge in [0.25, 0.3) is 0 Å². The molecule has 0 heterocycles. The van der Waals surface area contributed by atoms with Gasteiger partial charge in [-0.25, -0.2) is 0 Å². The summed E-state index contributed by atoms with van der Waals surface area (Å²) in [7, 11) is 4.46. The van der Waals surface area contributed by atoms with Crippen LogP contribution >= 0.6 is 12.4 Å². The molecule has 94 valence electrons. The van der Waals surface area contributed by atoms with E-state index in [-0.39, 0.29) is 12.4 Å². The van der Waals surface area contributed by atoms with Crippen LogP contribution in [0.2, 0.25) is 0 Å². The van der Waals surface area contributed by atoms with Crippen molar-refractivity contribution in [3.63, 3.8) is 0 Å². The average molecular weight is 252 g/mol. The van der Waals surface area contributed by atoms with Gasteiger partial charge in [0.15, 0.2) is 0 Å². The molecule has 0 bridgehead atoms. The quantitative estimate of drug-likeness (QED) is 0.779. The monoisotopic (exact) mass is 251 g/mol. The summed E-state index contributed by atoms with van der Waals surface area (Å²) in [6, 6.07) is 10.1. The molecule has 0 N–H and O–H groups in total. The van der Waals surface area contributed by atoms with Crippen LogP contribution in [0.15, 0.2) is 24.3 Å². The summed E-state index contributed by atoms with van der Waals surface area (Å²) in [4.78, 5) is 2.42. The topological polar surface area (TPSA) is 3.24 Å².